The molecule has 0 spiro atoms. The molecule has 1 saturated heterocycles. The molecule has 7 heteroatoms. The molecule has 30 heavy (non-hydrogen) atoms. The van der Waals surface area contributed by atoms with E-state index >= 15 is 0 Å². The van der Waals surface area contributed by atoms with E-state index in [0.717, 1.165) is 47.5 Å². The second-order valence-corrected chi connectivity index (χ2v) is 8.15. The number of benzene rings is 2. The third-order valence-electron chi connectivity index (χ3n) is 5.14. The zero-order valence-electron chi connectivity index (χ0n) is 16.5. The molecule has 4 rings (SSSR count). The van der Waals surface area contributed by atoms with E-state index in [4.69, 9.17) is 4.74 Å². The minimum Gasteiger partial charge on any atom is -0.439 e. The Bertz CT molecular complexity index is 991. The number of nitrogens with zero attached hydrogens (tertiary/aromatic N) is 3. The molecule has 0 unspecified atom stereocenters. The second kappa shape index (κ2) is 9.71. The summed E-state index contributed by atoms with van der Waals surface area (Å²) in [7, 11) is 0. The first-order valence-corrected chi connectivity index (χ1v) is 10.8. The van der Waals surface area contributed by atoms with Gasteiger partial charge in [0.15, 0.2) is 0 Å². The lowest BCUT2D eigenvalue weighted by molar-refractivity contribution is -0.125. The Morgan fingerprint density at radius 1 is 1.07 bits per heavy atom. The second-order valence-electron chi connectivity index (χ2n) is 7.24. The predicted octanol–water partition coefficient (Wildman–Crippen LogP) is 4.56. The highest BCUT2D eigenvalue weighted by atomic mass is 79.9. The van der Waals surface area contributed by atoms with Crippen LogP contribution in [-0.4, -0.2) is 29.0 Å². The summed E-state index contributed by atoms with van der Waals surface area (Å²) in [5, 5.41) is 3.06. The number of hydrogen-bond donors (Lipinski definition) is 1. The van der Waals surface area contributed by atoms with Crippen LogP contribution in [0, 0.1) is 5.92 Å². The van der Waals surface area contributed by atoms with Crippen molar-refractivity contribution in [2.75, 3.05) is 18.0 Å². The largest absolute Gasteiger partial charge is 0.439 e. The van der Waals surface area contributed by atoms with E-state index in [2.05, 4.69) is 36.1 Å². The molecule has 0 atom stereocenters. The van der Waals surface area contributed by atoms with E-state index in [1.807, 2.05) is 60.7 Å². The zero-order chi connectivity index (χ0) is 20.8. The van der Waals surface area contributed by atoms with Crippen LogP contribution in [0.5, 0.6) is 11.6 Å². The molecule has 1 aliphatic rings. The molecule has 3 aromatic rings. The lowest BCUT2D eigenvalue weighted by Crippen LogP contribution is -2.40. The van der Waals surface area contributed by atoms with Crippen LogP contribution < -0.4 is 15.0 Å². The Kier molecular flexibility index (Phi) is 6.59. The first-order chi connectivity index (χ1) is 14.7. The molecule has 6 nitrogen and oxygen atoms in total. The molecule has 0 saturated carbocycles. The van der Waals surface area contributed by atoms with Gasteiger partial charge in [-0.3, -0.25) is 4.79 Å². The monoisotopic (exact) mass is 466 g/mol. The highest BCUT2D eigenvalue weighted by Crippen LogP contribution is 2.26. The molecule has 1 aromatic heterocycles. The molecule has 0 bridgehead atoms. The summed E-state index contributed by atoms with van der Waals surface area (Å²) < 4.78 is 6.82. The van der Waals surface area contributed by atoms with Crippen LogP contribution >= 0.6 is 15.9 Å². The van der Waals surface area contributed by atoms with E-state index < -0.39 is 0 Å². The molecule has 1 amide bonds. The van der Waals surface area contributed by atoms with Crippen molar-refractivity contribution in [1.29, 1.82) is 0 Å². The maximum Gasteiger partial charge on any atom is 0.224 e. The Morgan fingerprint density at radius 2 is 1.87 bits per heavy atom. The molecular formula is C23H23BrN4O2. The Morgan fingerprint density at radius 3 is 2.63 bits per heavy atom. The van der Waals surface area contributed by atoms with Gasteiger partial charge in [-0.15, -0.1) is 0 Å². The number of amides is 1. The summed E-state index contributed by atoms with van der Waals surface area (Å²) in [5.41, 5.74) is 1.09. The third-order valence-corrected chi connectivity index (χ3v) is 5.63. The predicted molar refractivity (Wildman–Crippen MR) is 119 cm³/mol. The van der Waals surface area contributed by atoms with Crippen LogP contribution in [0.15, 0.2) is 71.5 Å². The minimum atomic E-state index is 0.0234. The van der Waals surface area contributed by atoms with Crippen molar-refractivity contribution >= 4 is 27.7 Å². The first-order valence-electron chi connectivity index (χ1n) is 9.99. The number of para-hydroxylation sites is 1. The summed E-state index contributed by atoms with van der Waals surface area (Å²) in [6.45, 7) is 2.10. The highest BCUT2D eigenvalue weighted by molar-refractivity contribution is 9.10. The van der Waals surface area contributed by atoms with Crippen LogP contribution in [-0.2, 0) is 11.3 Å². The number of piperidine rings is 1. The van der Waals surface area contributed by atoms with Gasteiger partial charge in [-0.05, 0) is 42.7 Å². The topological polar surface area (TPSA) is 67.4 Å². The van der Waals surface area contributed by atoms with E-state index in [-0.39, 0.29) is 11.8 Å². The molecule has 1 fully saturated rings. The smallest absolute Gasteiger partial charge is 0.224 e. The molecule has 0 radical (unpaired) electrons. The van der Waals surface area contributed by atoms with Crippen molar-refractivity contribution in [3.63, 3.8) is 0 Å². The third kappa shape index (κ3) is 5.36. The van der Waals surface area contributed by atoms with Crippen LogP contribution in [0.3, 0.4) is 0 Å². The number of rotatable bonds is 6. The quantitative estimate of drug-likeness (QED) is 0.576. The summed E-state index contributed by atoms with van der Waals surface area (Å²) in [5.74, 6) is 2.22. The Hall–Kier alpha value is -2.93. The van der Waals surface area contributed by atoms with Crippen LogP contribution in [0.1, 0.15) is 18.4 Å². The van der Waals surface area contributed by atoms with E-state index in [9.17, 15) is 4.79 Å². The number of nitrogens with one attached hydrogen (secondary N) is 1. The average Bonchev–Trinajstić information content (AvgIpc) is 2.78. The number of hydrogen-bond acceptors (Lipinski definition) is 5. The molecule has 154 valence electrons. The van der Waals surface area contributed by atoms with Crippen molar-refractivity contribution in [3.8, 4) is 11.6 Å². The summed E-state index contributed by atoms with van der Waals surface area (Å²) in [6.07, 6.45) is 3.11. The van der Waals surface area contributed by atoms with Gasteiger partial charge < -0.3 is 15.0 Å². The summed E-state index contributed by atoms with van der Waals surface area (Å²) in [6, 6.07) is 19.4. The SMILES string of the molecule is O=C(NCc1cccc(Br)c1)C1CCN(c2cc(Oc3ccccc3)ncn2)CC1. The normalized spacial score (nSPS) is 14.4. The average molecular weight is 467 g/mol. The fraction of sp³-hybridized carbons (Fsp3) is 0.261. The Balaban J connectivity index is 1.30. The van der Waals surface area contributed by atoms with E-state index in [1.165, 1.54) is 6.33 Å². The van der Waals surface area contributed by atoms with Gasteiger partial charge in [0.1, 0.15) is 17.9 Å². The summed E-state index contributed by atoms with van der Waals surface area (Å²) in [4.78, 5) is 23.3. The van der Waals surface area contributed by atoms with E-state index in [0.29, 0.717) is 12.4 Å². The highest BCUT2D eigenvalue weighted by Gasteiger charge is 2.25. The molecule has 2 heterocycles. The lowest BCUT2D eigenvalue weighted by Gasteiger charge is -2.32. The van der Waals surface area contributed by atoms with Gasteiger partial charge >= 0.3 is 0 Å². The van der Waals surface area contributed by atoms with Gasteiger partial charge in [0.25, 0.3) is 0 Å². The van der Waals surface area contributed by atoms with Gasteiger partial charge in [0.2, 0.25) is 11.8 Å². The van der Waals surface area contributed by atoms with Crippen LogP contribution in [0.25, 0.3) is 0 Å². The number of aromatic nitrogens is 2. The fourth-order valence-electron chi connectivity index (χ4n) is 3.52. The van der Waals surface area contributed by atoms with Gasteiger partial charge in [-0.25, -0.2) is 9.97 Å². The van der Waals surface area contributed by atoms with Gasteiger partial charge in [0, 0.05) is 36.1 Å². The van der Waals surface area contributed by atoms with Crippen LogP contribution in [0.2, 0.25) is 0 Å². The van der Waals surface area contributed by atoms with Crippen molar-refractivity contribution in [2.24, 2.45) is 5.92 Å². The zero-order valence-corrected chi connectivity index (χ0v) is 18.1. The van der Waals surface area contributed by atoms with Crippen molar-refractivity contribution in [3.05, 3.63) is 77.0 Å². The maximum absolute atomic E-state index is 12.6. The van der Waals surface area contributed by atoms with Gasteiger partial charge in [0.05, 0.1) is 0 Å². The number of anilines is 1. The molecule has 2 aromatic carbocycles. The number of ether oxygens (including phenoxy) is 1. The fourth-order valence-corrected chi connectivity index (χ4v) is 3.97. The number of carbonyl (C=O) groups excluding carboxylic acids is 1. The standard InChI is InChI=1S/C23H23BrN4O2/c24-19-6-4-5-17(13-19)15-25-23(29)18-9-11-28(12-10-18)21-14-22(27-16-26-21)30-20-7-2-1-3-8-20/h1-8,13-14,16,18H,9-12,15H2,(H,25,29). The van der Waals surface area contributed by atoms with Gasteiger partial charge in [-0.2, -0.15) is 0 Å². The van der Waals surface area contributed by atoms with Crippen LogP contribution in [0.4, 0.5) is 5.82 Å². The number of halogens is 1. The maximum atomic E-state index is 12.6. The summed E-state index contributed by atoms with van der Waals surface area (Å²) >= 11 is 3.46. The lowest BCUT2D eigenvalue weighted by atomic mass is 9.96. The van der Waals surface area contributed by atoms with Crippen molar-refractivity contribution in [1.82, 2.24) is 15.3 Å². The molecule has 0 aliphatic carbocycles. The minimum absolute atomic E-state index is 0.0234. The van der Waals surface area contributed by atoms with E-state index in [1.54, 1.807) is 0 Å². The van der Waals surface area contributed by atoms with Crippen molar-refractivity contribution in [2.45, 2.75) is 19.4 Å². The molecule has 1 N–H and O–H groups in total. The Labute approximate surface area is 184 Å². The number of carbonyl (C=O) groups is 1. The van der Waals surface area contributed by atoms with Gasteiger partial charge in [-0.1, -0.05) is 46.3 Å². The molecular weight excluding hydrogens is 444 g/mol. The van der Waals surface area contributed by atoms with Crippen molar-refractivity contribution < 1.29 is 9.53 Å². The molecule has 1 aliphatic heterocycles. The first kappa shape index (κ1) is 20.3.